The topological polar surface area (TPSA) is 266 Å². The predicted molar refractivity (Wildman–Crippen MR) is 141 cm³/mol. The smallest absolute Gasteiger partial charge is 0.326 e. The lowest BCUT2D eigenvalue weighted by molar-refractivity contribution is -0.142. The number of hydrogen-bond donors (Lipinski definition) is 9. The molecule has 3 unspecified atom stereocenters. The minimum atomic E-state index is -1.22. The Balaban J connectivity index is 2.08. The molecule has 2 rings (SSSR count). The Kier molecular flexibility index (Phi) is 11.2. The Labute approximate surface area is 214 Å². The first-order chi connectivity index (χ1) is 17.6. The van der Waals surface area contributed by atoms with E-state index in [1.165, 1.54) is 0 Å². The van der Waals surface area contributed by atoms with Gasteiger partial charge in [-0.2, -0.15) is 0 Å². The molecule has 0 aliphatic carbocycles. The maximum atomic E-state index is 13.1. The van der Waals surface area contributed by atoms with E-state index in [9.17, 15) is 19.5 Å². The summed E-state index contributed by atoms with van der Waals surface area (Å²) in [6.45, 7) is 0.532. The molecule has 202 valence electrons. The summed E-state index contributed by atoms with van der Waals surface area (Å²) in [7, 11) is 0. The summed E-state index contributed by atoms with van der Waals surface area (Å²) in [6, 6.07) is 4.26. The SMILES string of the molecule is NC(N)=NCCCC(N)C(=O)NC(CCCN=C(N)N)C(=O)NC(Cc1c[nH]c2ccccc12)C(=O)O. The number of aromatic nitrogens is 1. The highest BCUT2D eigenvalue weighted by Crippen LogP contribution is 2.19. The molecule has 1 aromatic heterocycles. The lowest BCUT2D eigenvalue weighted by atomic mass is 10.0. The molecule has 3 atom stereocenters. The molecule has 0 spiro atoms. The molecule has 1 heterocycles. The molecular formula is C23H36N10O4. The fourth-order valence-electron chi connectivity index (χ4n) is 3.69. The molecule has 0 radical (unpaired) electrons. The second kappa shape index (κ2) is 14.3. The van der Waals surface area contributed by atoms with E-state index in [2.05, 4.69) is 25.6 Å². The average molecular weight is 517 g/mol. The highest BCUT2D eigenvalue weighted by molar-refractivity contribution is 5.92. The molecule has 0 fully saturated rings. The highest BCUT2D eigenvalue weighted by Gasteiger charge is 2.28. The van der Waals surface area contributed by atoms with Gasteiger partial charge in [0.25, 0.3) is 0 Å². The molecule has 0 aliphatic heterocycles. The largest absolute Gasteiger partial charge is 0.480 e. The van der Waals surface area contributed by atoms with Crippen LogP contribution < -0.4 is 39.3 Å². The van der Waals surface area contributed by atoms with Gasteiger partial charge in [-0.3, -0.25) is 19.6 Å². The van der Waals surface area contributed by atoms with E-state index >= 15 is 0 Å². The van der Waals surface area contributed by atoms with Crippen molar-refractivity contribution >= 4 is 40.6 Å². The van der Waals surface area contributed by atoms with Crippen molar-refractivity contribution in [2.45, 2.75) is 50.2 Å². The number of para-hydroxylation sites is 1. The van der Waals surface area contributed by atoms with Gasteiger partial charge in [-0.15, -0.1) is 0 Å². The quantitative estimate of drug-likeness (QED) is 0.0732. The molecule has 2 amide bonds. The molecule has 14 N–H and O–H groups in total. The van der Waals surface area contributed by atoms with Gasteiger partial charge in [0.1, 0.15) is 12.1 Å². The first kappa shape index (κ1) is 28.9. The van der Waals surface area contributed by atoms with E-state index in [4.69, 9.17) is 28.7 Å². The van der Waals surface area contributed by atoms with Crippen LogP contribution in [0.3, 0.4) is 0 Å². The van der Waals surface area contributed by atoms with Crippen LogP contribution in [0, 0.1) is 0 Å². The van der Waals surface area contributed by atoms with Gasteiger partial charge in [-0.05, 0) is 37.3 Å². The number of carboxylic acid groups (broad SMARTS) is 1. The van der Waals surface area contributed by atoms with Crippen molar-refractivity contribution in [2.24, 2.45) is 38.7 Å². The minimum absolute atomic E-state index is 0.0457. The average Bonchev–Trinajstić information content (AvgIpc) is 3.25. The molecule has 37 heavy (non-hydrogen) atoms. The van der Waals surface area contributed by atoms with Gasteiger partial charge in [0.05, 0.1) is 6.04 Å². The number of amides is 2. The third kappa shape index (κ3) is 9.68. The van der Waals surface area contributed by atoms with Gasteiger partial charge in [0, 0.05) is 36.6 Å². The number of aromatic amines is 1. The predicted octanol–water partition coefficient (Wildman–Crippen LogP) is -1.80. The monoisotopic (exact) mass is 516 g/mol. The van der Waals surface area contributed by atoms with E-state index in [1.54, 1.807) is 6.20 Å². The zero-order valence-electron chi connectivity index (χ0n) is 20.5. The third-order valence-electron chi connectivity index (χ3n) is 5.60. The van der Waals surface area contributed by atoms with E-state index in [0.717, 1.165) is 16.5 Å². The molecule has 0 saturated carbocycles. The van der Waals surface area contributed by atoms with Crippen LogP contribution in [-0.2, 0) is 20.8 Å². The van der Waals surface area contributed by atoms with Crippen molar-refractivity contribution in [1.82, 2.24) is 15.6 Å². The van der Waals surface area contributed by atoms with Crippen molar-refractivity contribution in [2.75, 3.05) is 13.1 Å². The van der Waals surface area contributed by atoms with Gasteiger partial charge in [0.2, 0.25) is 11.8 Å². The highest BCUT2D eigenvalue weighted by atomic mass is 16.4. The number of H-pyrrole nitrogens is 1. The van der Waals surface area contributed by atoms with Crippen LogP contribution in [-0.4, -0.2) is 71.0 Å². The summed E-state index contributed by atoms with van der Waals surface area (Å²) in [5.74, 6) is -2.58. The second-order valence-electron chi connectivity index (χ2n) is 8.53. The minimum Gasteiger partial charge on any atom is -0.480 e. The number of nitrogens with zero attached hydrogens (tertiary/aromatic N) is 2. The molecule has 1 aromatic carbocycles. The van der Waals surface area contributed by atoms with E-state index in [1.807, 2.05) is 24.3 Å². The van der Waals surface area contributed by atoms with Crippen molar-refractivity contribution in [3.63, 3.8) is 0 Å². The number of nitrogens with one attached hydrogen (secondary N) is 3. The third-order valence-corrected chi connectivity index (χ3v) is 5.60. The Morgan fingerprint density at radius 1 is 0.892 bits per heavy atom. The van der Waals surface area contributed by atoms with Gasteiger partial charge in [-0.25, -0.2) is 4.79 Å². The van der Waals surface area contributed by atoms with Crippen LogP contribution in [0.25, 0.3) is 10.9 Å². The summed E-state index contributed by atoms with van der Waals surface area (Å²) in [4.78, 5) is 48.5. The fourth-order valence-corrected chi connectivity index (χ4v) is 3.69. The second-order valence-corrected chi connectivity index (χ2v) is 8.53. The van der Waals surface area contributed by atoms with Crippen LogP contribution in [0.5, 0.6) is 0 Å². The zero-order chi connectivity index (χ0) is 27.4. The van der Waals surface area contributed by atoms with Crippen LogP contribution >= 0.6 is 0 Å². The summed E-state index contributed by atoms with van der Waals surface area (Å²) in [6.07, 6.45) is 3.01. The summed E-state index contributed by atoms with van der Waals surface area (Å²) < 4.78 is 0. The number of guanidine groups is 2. The molecule has 0 bridgehead atoms. The van der Waals surface area contributed by atoms with Crippen LogP contribution in [0.4, 0.5) is 0 Å². The van der Waals surface area contributed by atoms with Crippen LogP contribution in [0.2, 0.25) is 0 Å². The zero-order valence-corrected chi connectivity index (χ0v) is 20.5. The van der Waals surface area contributed by atoms with Gasteiger partial charge < -0.3 is 49.4 Å². The molecule has 2 aromatic rings. The van der Waals surface area contributed by atoms with Crippen molar-refractivity contribution in [3.8, 4) is 0 Å². The summed E-state index contributed by atoms with van der Waals surface area (Å²) in [5, 5.41) is 15.8. The van der Waals surface area contributed by atoms with E-state index < -0.39 is 35.9 Å². The Hall–Kier alpha value is -4.33. The Morgan fingerprint density at radius 3 is 2.11 bits per heavy atom. The number of carbonyl (C=O) groups is 3. The lowest BCUT2D eigenvalue weighted by Gasteiger charge is -2.23. The van der Waals surface area contributed by atoms with Gasteiger partial charge >= 0.3 is 5.97 Å². The van der Waals surface area contributed by atoms with Crippen LogP contribution in [0.15, 0.2) is 40.4 Å². The molecule has 14 nitrogen and oxygen atoms in total. The van der Waals surface area contributed by atoms with Crippen molar-refractivity contribution in [3.05, 3.63) is 36.0 Å². The molecular weight excluding hydrogens is 480 g/mol. The Morgan fingerprint density at radius 2 is 1.49 bits per heavy atom. The number of fused-ring (bicyclic) bond motifs is 1. The van der Waals surface area contributed by atoms with Gasteiger partial charge in [0.15, 0.2) is 11.9 Å². The summed E-state index contributed by atoms with van der Waals surface area (Å²) >= 11 is 0. The van der Waals surface area contributed by atoms with E-state index in [0.29, 0.717) is 19.4 Å². The number of hydrogen-bond acceptors (Lipinski definition) is 6. The molecule has 0 saturated heterocycles. The number of carbonyl (C=O) groups excluding carboxylic acids is 2. The number of aliphatic carboxylic acids is 1. The molecule has 0 aliphatic rings. The fraction of sp³-hybridized carbons (Fsp3) is 0.435. The van der Waals surface area contributed by atoms with Crippen molar-refractivity contribution < 1.29 is 19.5 Å². The Bertz CT molecular complexity index is 1120. The van der Waals surface area contributed by atoms with Crippen molar-refractivity contribution in [1.29, 1.82) is 0 Å². The maximum absolute atomic E-state index is 13.1. The van der Waals surface area contributed by atoms with Crippen LogP contribution in [0.1, 0.15) is 31.2 Å². The number of carboxylic acids is 1. The standard InChI is InChI=1S/C23H36N10O4/c24-15(6-3-9-29-22(25)26)19(34)32-17(8-4-10-30-23(27)28)20(35)33-18(21(36)37)11-13-12-31-16-7-2-1-5-14(13)16/h1-2,5,7,12,15,17-18,31H,3-4,6,8-11,24H2,(H,32,34)(H,33,35)(H,36,37)(H4,25,26,29)(H4,27,28,30). The maximum Gasteiger partial charge on any atom is 0.326 e. The number of aliphatic imine (C=N–C) groups is 2. The first-order valence-corrected chi connectivity index (χ1v) is 11.8. The van der Waals surface area contributed by atoms with E-state index in [-0.39, 0.29) is 37.7 Å². The summed E-state index contributed by atoms with van der Waals surface area (Å²) in [5.41, 5.74) is 28.8. The van der Waals surface area contributed by atoms with Gasteiger partial charge in [-0.1, -0.05) is 18.2 Å². The number of rotatable bonds is 15. The number of benzene rings is 1. The normalized spacial score (nSPS) is 13.2. The molecule has 14 heteroatoms. The number of nitrogens with two attached hydrogens (primary N) is 5. The first-order valence-electron chi connectivity index (χ1n) is 11.8. The lowest BCUT2D eigenvalue weighted by Crippen LogP contribution is -2.54.